The van der Waals surface area contributed by atoms with Gasteiger partial charge in [0.1, 0.15) is 5.82 Å². The van der Waals surface area contributed by atoms with Gasteiger partial charge >= 0.3 is 0 Å². The van der Waals surface area contributed by atoms with Crippen molar-refractivity contribution in [1.29, 1.82) is 0 Å². The molecular formula is C28H29FN6O2. The van der Waals surface area contributed by atoms with E-state index in [1.807, 2.05) is 68.2 Å². The van der Waals surface area contributed by atoms with Crippen LogP contribution in [0.15, 0.2) is 67.0 Å². The number of hydrogen-bond acceptors (Lipinski definition) is 5. The van der Waals surface area contributed by atoms with Crippen LogP contribution >= 0.6 is 0 Å². The molecule has 8 nitrogen and oxygen atoms in total. The van der Waals surface area contributed by atoms with Gasteiger partial charge < -0.3 is 20.3 Å². The molecule has 190 valence electrons. The fourth-order valence-electron chi connectivity index (χ4n) is 4.47. The highest BCUT2D eigenvalue weighted by atomic mass is 19.1. The number of halogens is 1. The molecule has 0 bridgehead atoms. The van der Waals surface area contributed by atoms with E-state index in [2.05, 4.69) is 20.7 Å². The Morgan fingerprint density at radius 3 is 2.70 bits per heavy atom. The summed E-state index contributed by atoms with van der Waals surface area (Å²) in [5, 5.41) is 20.8. The Bertz CT molecular complexity index is 1590. The normalized spacial score (nSPS) is 13.1. The van der Waals surface area contributed by atoms with Crippen LogP contribution in [0.2, 0.25) is 0 Å². The molecule has 0 aliphatic carbocycles. The molecule has 2 aromatic carbocycles. The lowest BCUT2D eigenvalue weighted by molar-refractivity contribution is 0.0941. The summed E-state index contributed by atoms with van der Waals surface area (Å²) in [7, 11) is 1.90. The number of aryl methyl sites for hydroxylation is 1. The lowest BCUT2D eigenvalue weighted by Gasteiger charge is -2.14. The van der Waals surface area contributed by atoms with E-state index in [0.717, 1.165) is 28.5 Å². The number of aliphatic hydroxyl groups excluding tert-OH is 1. The van der Waals surface area contributed by atoms with Crippen LogP contribution in [0.25, 0.3) is 27.7 Å². The van der Waals surface area contributed by atoms with Crippen molar-refractivity contribution in [3.8, 4) is 11.1 Å². The van der Waals surface area contributed by atoms with Crippen LogP contribution in [0.3, 0.4) is 0 Å². The number of hydrogen-bond donors (Lipinski definition) is 3. The summed E-state index contributed by atoms with van der Waals surface area (Å²) in [5.74, 6) is -0.0973. The summed E-state index contributed by atoms with van der Waals surface area (Å²) in [5.41, 5.74) is 4.72. The van der Waals surface area contributed by atoms with Gasteiger partial charge in [0.2, 0.25) is 5.95 Å². The number of aromatic nitrogens is 4. The highest BCUT2D eigenvalue weighted by Gasteiger charge is 2.18. The van der Waals surface area contributed by atoms with Gasteiger partial charge in [-0.05, 0) is 66.4 Å². The molecule has 0 saturated carbocycles. The number of rotatable bonds is 8. The second kappa shape index (κ2) is 10.0. The average molecular weight is 501 g/mol. The van der Waals surface area contributed by atoms with Gasteiger partial charge in [-0.1, -0.05) is 25.1 Å². The Morgan fingerprint density at radius 2 is 1.95 bits per heavy atom. The molecule has 0 fully saturated rings. The molecular weight excluding hydrogens is 471 g/mol. The monoisotopic (exact) mass is 500 g/mol. The summed E-state index contributed by atoms with van der Waals surface area (Å²) in [6, 6.07) is 15.7. The largest absolute Gasteiger partial charge is 0.394 e. The second-order valence-electron chi connectivity index (χ2n) is 9.22. The number of aliphatic hydroxyl groups is 1. The maximum absolute atomic E-state index is 13.7. The predicted molar refractivity (Wildman–Crippen MR) is 142 cm³/mol. The van der Waals surface area contributed by atoms with Gasteiger partial charge in [0.05, 0.1) is 24.3 Å². The van der Waals surface area contributed by atoms with Crippen LogP contribution in [-0.2, 0) is 7.05 Å². The number of amides is 1. The van der Waals surface area contributed by atoms with Gasteiger partial charge in [-0.25, -0.2) is 8.91 Å². The minimum absolute atomic E-state index is 0.00527. The number of nitrogens with zero attached hydrogens (tertiary/aromatic N) is 4. The van der Waals surface area contributed by atoms with E-state index in [9.17, 15) is 14.3 Å². The first-order valence-electron chi connectivity index (χ1n) is 12.3. The molecule has 0 saturated heterocycles. The zero-order valence-electron chi connectivity index (χ0n) is 20.9. The van der Waals surface area contributed by atoms with Crippen molar-refractivity contribution in [2.75, 3.05) is 11.9 Å². The molecule has 0 radical (unpaired) electrons. The number of pyridine rings is 1. The van der Waals surface area contributed by atoms with E-state index >= 15 is 0 Å². The van der Waals surface area contributed by atoms with Crippen LogP contribution in [0.4, 0.5) is 10.3 Å². The molecule has 0 aliphatic rings. The van der Waals surface area contributed by atoms with Crippen molar-refractivity contribution in [3.63, 3.8) is 0 Å². The highest BCUT2D eigenvalue weighted by Crippen LogP contribution is 2.29. The highest BCUT2D eigenvalue weighted by molar-refractivity contribution is 6.08. The Kier molecular flexibility index (Phi) is 6.62. The third kappa shape index (κ3) is 4.90. The van der Waals surface area contributed by atoms with Gasteiger partial charge in [0, 0.05) is 30.3 Å². The fraction of sp³-hybridized carbons (Fsp3) is 0.250. The van der Waals surface area contributed by atoms with E-state index in [-0.39, 0.29) is 30.4 Å². The first-order valence-corrected chi connectivity index (χ1v) is 12.3. The third-order valence-corrected chi connectivity index (χ3v) is 6.65. The molecule has 37 heavy (non-hydrogen) atoms. The van der Waals surface area contributed by atoms with E-state index < -0.39 is 0 Å². The van der Waals surface area contributed by atoms with Crippen molar-refractivity contribution in [2.24, 2.45) is 7.05 Å². The average Bonchev–Trinajstić information content (AvgIpc) is 3.46. The van der Waals surface area contributed by atoms with Crippen LogP contribution in [0.1, 0.15) is 42.2 Å². The second-order valence-corrected chi connectivity index (χ2v) is 9.22. The smallest absolute Gasteiger partial charge is 0.253 e. The van der Waals surface area contributed by atoms with E-state index in [1.165, 1.54) is 12.1 Å². The number of anilines is 1. The summed E-state index contributed by atoms with van der Waals surface area (Å²) in [6.07, 6.45) is 4.41. The summed E-state index contributed by atoms with van der Waals surface area (Å²) < 4.78 is 17.3. The minimum atomic E-state index is -0.349. The quantitative estimate of drug-likeness (QED) is 0.287. The molecule has 5 aromatic rings. The van der Waals surface area contributed by atoms with E-state index in [4.69, 9.17) is 0 Å². The lowest BCUT2D eigenvalue weighted by atomic mass is 10.0. The molecule has 3 heterocycles. The molecule has 9 heteroatoms. The molecule has 0 unspecified atom stereocenters. The van der Waals surface area contributed by atoms with Gasteiger partial charge in [-0.15, -0.1) is 5.10 Å². The molecule has 3 N–H and O–H groups in total. The van der Waals surface area contributed by atoms with Gasteiger partial charge in [0.15, 0.2) is 5.65 Å². The van der Waals surface area contributed by atoms with Crippen LogP contribution in [-0.4, -0.2) is 42.8 Å². The molecule has 5 rings (SSSR count). The SMILES string of the molecule is CC[C@@H](CO)Nc1nc2cc(-c3ccc4c(c3)c(C(=O)N[C@@H](C)c3cccc(F)c3)cn4C)ccn2n1. The Hall–Kier alpha value is -4.24. The molecule has 0 aliphatic heterocycles. The molecule has 1 amide bonds. The van der Waals surface area contributed by atoms with Crippen molar-refractivity contribution in [3.05, 3.63) is 83.9 Å². The van der Waals surface area contributed by atoms with Gasteiger partial charge in [-0.2, -0.15) is 4.98 Å². The van der Waals surface area contributed by atoms with Gasteiger partial charge in [0.25, 0.3) is 5.91 Å². The summed E-state index contributed by atoms with van der Waals surface area (Å²) >= 11 is 0. The number of nitrogens with one attached hydrogen (secondary N) is 2. The lowest BCUT2D eigenvalue weighted by Crippen LogP contribution is -2.26. The first-order chi connectivity index (χ1) is 17.9. The number of fused-ring (bicyclic) bond motifs is 2. The Labute approximate surface area is 213 Å². The van der Waals surface area contributed by atoms with Crippen LogP contribution < -0.4 is 10.6 Å². The topological polar surface area (TPSA) is 96.5 Å². The van der Waals surface area contributed by atoms with Crippen molar-refractivity contribution in [2.45, 2.75) is 32.4 Å². The maximum Gasteiger partial charge on any atom is 0.253 e. The fourth-order valence-corrected chi connectivity index (χ4v) is 4.47. The number of carbonyl (C=O) groups excluding carboxylic acids is 1. The van der Waals surface area contributed by atoms with E-state index in [1.54, 1.807) is 16.6 Å². The third-order valence-electron chi connectivity index (χ3n) is 6.65. The standard InChI is InChI=1S/C28H29FN6O2/c1-4-22(16-36)31-28-32-26-14-20(10-11-35(26)33-28)19-8-9-25-23(13-19)24(15-34(25)3)27(37)30-17(2)18-6-5-7-21(29)12-18/h5-15,17,22,36H,4,16H2,1-3H3,(H,30,37)(H,31,33)/t17-,22-/m0/s1. The zero-order chi connectivity index (χ0) is 26.1. The Morgan fingerprint density at radius 1 is 1.14 bits per heavy atom. The molecule has 3 aromatic heterocycles. The number of benzene rings is 2. The summed E-state index contributed by atoms with van der Waals surface area (Å²) in [4.78, 5) is 17.8. The van der Waals surface area contributed by atoms with E-state index in [0.29, 0.717) is 22.7 Å². The van der Waals surface area contributed by atoms with Crippen molar-refractivity contribution in [1.82, 2.24) is 24.5 Å². The minimum Gasteiger partial charge on any atom is -0.394 e. The zero-order valence-corrected chi connectivity index (χ0v) is 20.9. The maximum atomic E-state index is 13.7. The van der Waals surface area contributed by atoms with Crippen LogP contribution in [0.5, 0.6) is 0 Å². The predicted octanol–water partition coefficient (Wildman–Crippen LogP) is 4.70. The number of carbonyl (C=O) groups is 1. The van der Waals surface area contributed by atoms with Gasteiger partial charge in [-0.3, -0.25) is 4.79 Å². The van der Waals surface area contributed by atoms with Crippen molar-refractivity contribution < 1.29 is 14.3 Å². The molecule has 2 atom stereocenters. The first kappa shape index (κ1) is 24.5. The van der Waals surface area contributed by atoms with Crippen LogP contribution in [0, 0.1) is 5.82 Å². The Balaban J connectivity index is 1.45. The van der Waals surface area contributed by atoms with Crippen molar-refractivity contribution >= 4 is 28.4 Å². The summed E-state index contributed by atoms with van der Waals surface area (Å²) in [6.45, 7) is 3.83. The molecule has 0 spiro atoms.